The van der Waals surface area contributed by atoms with Crippen LogP contribution in [0.5, 0.6) is 0 Å². The number of hydrogen-bond acceptors (Lipinski definition) is 4. The summed E-state index contributed by atoms with van der Waals surface area (Å²) >= 11 is 2.08. The van der Waals surface area contributed by atoms with E-state index in [2.05, 4.69) is 24.0 Å². The van der Waals surface area contributed by atoms with Crippen molar-refractivity contribution in [1.82, 2.24) is 10.2 Å². The van der Waals surface area contributed by atoms with Crippen molar-refractivity contribution in [3.8, 4) is 0 Å². The van der Waals surface area contributed by atoms with Crippen molar-refractivity contribution in [3.05, 3.63) is 0 Å². The van der Waals surface area contributed by atoms with Gasteiger partial charge in [0.05, 0.1) is 0 Å². The molecule has 3 heterocycles. The molecule has 22 heavy (non-hydrogen) atoms. The highest BCUT2D eigenvalue weighted by atomic mass is 32.2. The monoisotopic (exact) mass is 326 g/mol. The third-order valence-electron chi connectivity index (χ3n) is 5.16. The van der Waals surface area contributed by atoms with Crippen molar-refractivity contribution >= 4 is 17.9 Å². The summed E-state index contributed by atoms with van der Waals surface area (Å²) in [5.41, 5.74) is -0.401. The van der Waals surface area contributed by atoms with Crippen LogP contribution in [0.2, 0.25) is 0 Å². The summed E-state index contributed by atoms with van der Waals surface area (Å²) in [5.74, 6) is 1.28. The van der Waals surface area contributed by atoms with Gasteiger partial charge in [-0.15, -0.1) is 0 Å². The van der Waals surface area contributed by atoms with Crippen LogP contribution in [0.4, 0.5) is 4.79 Å². The number of nitrogens with one attached hydrogen (secondary N) is 1. The predicted octanol–water partition coefficient (Wildman–Crippen LogP) is 3.40. The Balaban J connectivity index is 1.58. The minimum Gasteiger partial charge on any atom is -0.444 e. The maximum absolute atomic E-state index is 12.5. The summed E-state index contributed by atoms with van der Waals surface area (Å²) in [6.45, 7) is 8.17. The highest BCUT2D eigenvalue weighted by Crippen LogP contribution is 2.38. The summed E-state index contributed by atoms with van der Waals surface area (Å²) in [6.07, 6.45) is 5.62. The van der Waals surface area contributed by atoms with Crippen molar-refractivity contribution in [2.75, 3.05) is 5.75 Å². The molecular formula is C17H30N2O2S. The van der Waals surface area contributed by atoms with Crippen LogP contribution in [0.3, 0.4) is 0 Å². The van der Waals surface area contributed by atoms with Gasteiger partial charge in [0.15, 0.2) is 0 Å². The zero-order valence-electron chi connectivity index (χ0n) is 14.3. The second-order valence-corrected chi connectivity index (χ2v) is 9.56. The van der Waals surface area contributed by atoms with E-state index in [1.165, 1.54) is 12.2 Å². The van der Waals surface area contributed by atoms with Gasteiger partial charge in [-0.1, -0.05) is 6.92 Å². The van der Waals surface area contributed by atoms with Crippen LogP contribution in [0, 0.1) is 0 Å². The van der Waals surface area contributed by atoms with E-state index in [1.54, 1.807) is 0 Å². The maximum atomic E-state index is 12.5. The first-order chi connectivity index (χ1) is 10.3. The largest absolute Gasteiger partial charge is 0.444 e. The van der Waals surface area contributed by atoms with Gasteiger partial charge in [0.2, 0.25) is 0 Å². The average molecular weight is 327 g/mol. The van der Waals surface area contributed by atoms with Crippen LogP contribution in [0.15, 0.2) is 0 Å². The van der Waals surface area contributed by atoms with Crippen LogP contribution in [-0.4, -0.2) is 51.8 Å². The molecule has 4 nitrogen and oxygen atoms in total. The standard InChI is InChI=1S/C17H30N2O2S/c1-11-15(7-8-22-11)18-12-9-13-5-6-14(10-12)19(13)16(20)21-17(2,3)4/h11-15,18H,5-10H2,1-4H3. The summed E-state index contributed by atoms with van der Waals surface area (Å²) < 4.78 is 5.61. The number of rotatable bonds is 2. The second kappa shape index (κ2) is 6.23. The van der Waals surface area contributed by atoms with Gasteiger partial charge in [0.1, 0.15) is 5.60 Å². The molecule has 126 valence electrons. The van der Waals surface area contributed by atoms with Crippen molar-refractivity contribution in [2.24, 2.45) is 0 Å². The molecule has 3 aliphatic heterocycles. The minimum absolute atomic E-state index is 0.108. The minimum atomic E-state index is -0.401. The zero-order valence-corrected chi connectivity index (χ0v) is 15.1. The number of fused-ring (bicyclic) bond motifs is 2. The molecule has 2 bridgehead atoms. The van der Waals surface area contributed by atoms with Gasteiger partial charge in [0.25, 0.3) is 0 Å². The van der Waals surface area contributed by atoms with E-state index in [4.69, 9.17) is 4.74 Å². The Morgan fingerprint density at radius 2 is 1.82 bits per heavy atom. The molecule has 0 radical (unpaired) electrons. The molecule has 3 fully saturated rings. The first-order valence-electron chi connectivity index (χ1n) is 8.72. The molecule has 4 atom stereocenters. The quantitative estimate of drug-likeness (QED) is 0.844. The van der Waals surface area contributed by atoms with Gasteiger partial charge in [-0.2, -0.15) is 11.8 Å². The molecule has 3 aliphatic rings. The lowest BCUT2D eigenvalue weighted by Gasteiger charge is -2.40. The van der Waals surface area contributed by atoms with Crippen LogP contribution in [0.25, 0.3) is 0 Å². The Hall–Kier alpha value is -0.420. The first kappa shape index (κ1) is 16.4. The molecular weight excluding hydrogens is 296 g/mol. The number of nitrogens with zero attached hydrogens (tertiary/aromatic N) is 1. The van der Waals surface area contributed by atoms with E-state index >= 15 is 0 Å². The molecule has 0 aromatic carbocycles. The van der Waals surface area contributed by atoms with Gasteiger partial charge >= 0.3 is 6.09 Å². The van der Waals surface area contributed by atoms with Crippen molar-refractivity contribution in [3.63, 3.8) is 0 Å². The Morgan fingerprint density at radius 1 is 1.18 bits per heavy atom. The molecule has 0 aromatic rings. The summed E-state index contributed by atoms with van der Waals surface area (Å²) in [5, 5.41) is 4.60. The van der Waals surface area contributed by atoms with Crippen molar-refractivity contribution in [1.29, 1.82) is 0 Å². The number of ether oxygens (including phenoxy) is 1. The van der Waals surface area contributed by atoms with Gasteiger partial charge in [-0.3, -0.25) is 0 Å². The fourth-order valence-electron chi connectivity index (χ4n) is 4.18. The topological polar surface area (TPSA) is 41.6 Å². The molecule has 0 aliphatic carbocycles. The maximum Gasteiger partial charge on any atom is 0.410 e. The Bertz CT molecular complexity index is 409. The summed E-state index contributed by atoms with van der Waals surface area (Å²) in [6, 6.07) is 1.97. The van der Waals surface area contributed by atoms with E-state index in [1.807, 2.05) is 25.7 Å². The van der Waals surface area contributed by atoms with Gasteiger partial charge in [-0.25, -0.2) is 4.79 Å². The van der Waals surface area contributed by atoms with E-state index < -0.39 is 5.60 Å². The predicted molar refractivity (Wildman–Crippen MR) is 91.4 cm³/mol. The van der Waals surface area contributed by atoms with Crippen LogP contribution in [0.1, 0.15) is 59.8 Å². The highest BCUT2D eigenvalue weighted by molar-refractivity contribution is 8.00. The smallest absolute Gasteiger partial charge is 0.410 e. The Labute approximate surface area is 138 Å². The molecule has 1 amide bonds. The van der Waals surface area contributed by atoms with Crippen molar-refractivity contribution < 1.29 is 9.53 Å². The first-order valence-corrected chi connectivity index (χ1v) is 9.77. The van der Waals surface area contributed by atoms with E-state index in [-0.39, 0.29) is 6.09 Å². The normalized spacial score (nSPS) is 38.4. The molecule has 0 aromatic heterocycles. The Morgan fingerprint density at radius 3 is 2.32 bits per heavy atom. The molecule has 4 unspecified atom stereocenters. The molecule has 3 rings (SSSR count). The molecule has 0 saturated carbocycles. The third-order valence-corrected chi connectivity index (χ3v) is 6.49. The zero-order chi connectivity index (χ0) is 15.9. The lowest BCUT2D eigenvalue weighted by Crippen LogP contribution is -2.54. The van der Waals surface area contributed by atoms with Crippen LogP contribution < -0.4 is 5.32 Å². The lowest BCUT2D eigenvalue weighted by atomic mass is 9.96. The number of hydrogen-bond donors (Lipinski definition) is 1. The van der Waals surface area contributed by atoms with Gasteiger partial charge < -0.3 is 15.0 Å². The SMILES string of the molecule is CC1SCCC1NC1CC2CCC(C1)N2C(=O)OC(C)(C)C. The fourth-order valence-corrected chi connectivity index (χ4v) is 5.39. The molecule has 3 saturated heterocycles. The molecule has 5 heteroatoms. The van der Waals surface area contributed by atoms with Crippen LogP contribution in [-0.2, 0) is 4.74 Å². The van der Waals surface area contributed by atoms with Gasteiger partial charge in [-0.05, 0) is 58.6 Å². The average Bonchev–Trinajstić information content (AvgIpc) is 2.90. The second-order valence-electron chi connectivity index (χ2n) is 8.08. The van der Waals surface area contributed by atoms with E-state index in [0.29, 0.717) is 24.2 Å². The Kier molecular flexibility index (Phi) is 4.66. The number of piperidine rings is 1. The summed E-state index contributed by atoms with van der Waals surface area (Å²) in [4.78, 5) is 14.5. The fraction of sp³-hybridized carbons (Fsp3) is 0.941. The number of carbonyl (C=O) groups excluding carboxylic acids is 1. The van der Waals surface area contributed by atoms with E-state index in [9.17, 15) is 4.79 Å². The molecule has 1 N–H and O–H groups in total. The molecule has 0 spiro atoms. The number of thioether (sulfide) groups is 1. The number of amides is 1. The van der Waals surface area contributed by atoms with E-state index in [0.717, 1.165) is 30.9 Å². The van der Waals surface area contributed by atoms with Crippen molar-refractivity contribution in [2.45, 2.75) is 94.8 Å². The third kappa shape index (κ3) is 3.56. The number of carbonyl (C=O) groups is 1. The highest BCUT2D eigenvalue weighted by Gasteiger charge is 2.45. The van der Waals surface area contributed by atoms with Gasteiger partial charge in [0, 0.05) is 29.4 Å². The summed E-state index contributed by atoms with van der Waals surface area (Å²) in [7, 11) is 0. The lowest BCUT2D eigenvalue weighted by molar-refractivity contribution is 0.00430. The van der Waals surface area contributed by atoms with Crippen LogP contribution >= 0.6 is 11.8 Å².